The molecule has 0 heterocycles. The maximum absolute atomic E-state index is 12.0. The minimum atomic E-state index is -3.59. The van der Waals surface area contributed by atoms with Crippen molar-refractivity contribution in [1.82, 2.24) is 5.32 Å². The Morgan fingerprint density at radius 3 is 2.48 bits per heavy atom. The quantitative estimate of drug-likeness (QED) is 0.751. The fourth-order valence-corrected chi connectivity index (χ4v) is 2.91. The van der Waals surface area contributed by atoms with Crippen LogP contribution >= 0.6 is 0 Å². The highest BCUT2D eigenvalue weighted by Crippen LogP contribution is 2.20. The van der Waals surface area contributed by atoms with E-state index in [4.69, 9.17) is 0 Å². The zero-order valence-corrected chi connectivity index (χ0v) is 14.5. The third-order valence-electron chi connectivity index (χ3n) is 2.95. The van der Waals surface area contributed by atoms with Crippen molar-refractivity contribution in [2.24, 2.45) is 0 Å². The highest BCUT2D eigenvalue weighted by Gasteiger charge is 2.20. The predicted octanol–water partition coefficient (Wildman–Crippen LogP) is 1.15. The number of hydrogen-bond acceptors (Lipinski definition) is 5. The lowest BCUT2D eigenvalue weighted by Gasteiger charge is -2.22. The van der Waals surface area contributed by atoms with E-state index >= 15 is 0 Å². The molecule has 1 aromatic carbocycles. The summed E-state index contributed by atoms with van der Waals surface area (Å²) in [6, 6.07) is 6.06. The summed E-state index contributed by atoms with van der Waals surface area (Å²) in [5.74, 6) is -0.796. The van der Waals surface area contributed by atoms with Crippen molar-refractivity contribution in [1.29, 1.82) is 0 Å². The summed E-state index contributed by atoms with van der Waals surface area (Å²) in [7, 11) is -2.34. The minimum Gasteiger partial charge on any atom is -0.465 e. The average molecular weight is 342 g/mol. The van der Waals surface area contributed by atoms with Crippen LogP contribution in [-0.4, -0.2) is 46.2 Å². The summed E-state index contributed by atoms with van der Waals surface area (Å²) < 4.78 is 29.7. The summed E-state index contributed by atoms with van der Waals surface area (Å²) in [5.41, 5.74) is 0.554. The fourth-order valence-electron chi connectivity index (χ4n) is 1.99. The Morgan fingerprint density at radius 2 is 1.96 bits per heavy atom. The fraction of sp³-hybridized carbons (Fsp3) is 0.467. The molecule has 0 bridgehead atoms. The Hall–Kier alpha value is -2.09. The topological polar surface area (TPSA) is 92.8 Å². The van der Waals surface area contributed by atoms with Gasteiger partial charge in [-0.25, -0.2) is 13.2 Å². The Balaban J connectivity index is 3.00. The molecule has 23 heavy (non-hydrogen) atoms. The van der Waals surface area contributed by atoms with Gasteiger partial charge in [0.2, 0.25) is 15.9 Å². The van der Waals surface area contributed by atoms with E-state index in [1.807, 2.05) is 13.8 Å². The lowest BCUT2D eigenvalue weighted by molar-refractivity contribution is -0.121. The van der Waals surface area contributed by atoms with Gasteiger partial charge >= 0.3 is 5.97 Å². The number of nitrogens with zero attached hydrogens (tertiary/aromatic N) is 1. The smallest absolute Gasteiger partial charge is 0.337 e. The lowest BCUT2D eigenvalue weighted by Crippen LogP contribution is -2.36. The van der Waals surface area contributed by atoms with Gasteiger partial charge in [0.15, 0.2) is 0 Å². The molecule has 0 atom stereocenters. The molecule has 0 radical (unpaired) electrons. The first-order valence-corrected chi connectivity index (χ1v) is 8.95. The second kappa shape index (κ2) is 7.96. The SMILES string of the molecule is COC(=O)c1cccc(N(CCC(=O)NC(C)C)S(C)(=O)=O)c1. The summed E-state index contributed by atoms with van der Waals surface area (Å²) in [5, 5.41) is 2.71. The molecule has 0 aliphatic carbocycles. The first-order valence-electron chi connectivity index (χ1n) is 7.10. The average Bonchev–Trinajstić information content (AvgIpc) is 2.44. The number of hydrogen-bond donors (Lipinski definition) is 1. The van der Waals surface area contributed by atoms with Gasteiger partial charge in [0.1, 0.15) is 0 Å². The predicted molar refractivity (Wildman–Crippen MR) is 87.9 cm³/mol. The molecule has 0 unspecified atom stereocenters. The highest BCUT2D eigenvalue weighted by molar-refractivity contribution is 7.92. The number of sulfonamides is 1. The standard InChI is InChI=1S/C15H22N2O5S/c1-11(2)16-14(18)8-9-17(23(4,20)21)13-7-5-6-12(10-13)15(19)22-3/h5-7,10-11H,8-9H2,1-4H3,(H,16,18). The molecule has 128 valence electrons. The molecule has 8 heteroatoms. The van der Waals surface area contributed by atoms with Crippen LogP contribution in [0.2, 0.25) is 0 Å². The van der Waals surface area contributed by atoms with Crippen LogP contribution in [0.5, 0.6) is 0 Å². The van der Waals surface area contributed by atoms with Crippen LogP contribution < -0.4 is 9.62 Å². The zero-order chi connectivity index (χ0) is 17.6. The van der Waals surface area contributed by atoms with E-state index in [-0.39, 0.29) is 30.5 Å². The van der Waals surface area contributed by atoms with Crippen LogP contribution in [0.1, 0.15) is 30.6 Å². The third-order valence-corrected chi connectivity index (χ3v) is 4.14. The summed E-state index contributed by atoms with van der Waals surface area (Å²) in [6.07, 6.45) is 1.08. The Morgan fingerprint density at radius 1 is 1.30 bits per heavy atom. The van der Waals surface area contributed by atoms with Gasteiger partial charge in [0.25, 0.3) is 0 Å². The van der Waals surface area contributed by atoms with Gasteiger partial charge in [-0.3, -0.25) is 9.10 Å². The van der Waals surface area contributed by atoms with Crippen LogP contribution in [0.3, 0.4) is 0 Å². The van der Waals surface area contributed by atoms with Gasteiger partial charge in [0, 0.05) is 19.0 Å². The summed E-state index contributed by atoms with van der Waals surface area (Å²) >= 11 is 0. The largest absolute Gasteiger partial charge is 0.465 e. The van der Waals surface area contributed by atoms with Gasteiger partial charge < -0.3 is 10.1 Å². The highest BCUT2D eigenvalue weighted by atomic mass is 32.2. The number of ether oxygens (including phenoxy) is 1. The van der Waals surface area contributed by atoms with E-state index in [9.17, 15) is 18.0 Å². The Kier molecular flexibility index (Phi) is 6.56. The number of carbonyl (C=O) groups excluding carboxylic acids is 2. The van der Waals surface area contributed by atoms with Crippen LogP contribution in [0.4, 0.5) is 5.69 Å². The first-order chi connectivity index (χ1) is 10.6. The number of benzene rings is 1. The van der Waals surface area contributed by atoms with Crippen molar-refractivity contribution in [3.8, 4) is 0 Å². The maximum atomic E-state index is 12.0. The molecule has 0 aromatic heterocycles. The van der Waals surface area contributed by atoms with E-state index in [1.54, 1.807) is 12.1 Å². The molecule has 0 fully saturated rings. The van der Waals surface area contributed by atoms with Gasteiger partial charge in [-0.2, -0.15) is 0 Å². The zero-order valence-electron chi connectivity index (χ0n) is 13.7. The van der Waals surface area contributed by atoms with Gasteiger partial charge in [0.05, 0.1) is 24.6 Å². The van der Waals surface area contributed by atoms with Gasteiger partial charge in [-0.1, -0.05) is 6.07 Å². The van der Waals surface area contributed by atoms with Gasteiger partial charge in [-0.15, -0.1) is 0 Å². The molecule has 1 N–H and O–H groups in total. The number of amides is 1. The normalized spacial score (nSPS) is 11.2. The maximum Gasteiger partial charge on any atom is 0.337 e. The third kappa shape index (κ3) is 5.90. The van der Waals surface area contributed by atoms with E-state index in [0.29, 0.717) is 5.69 Å². The molecular formula is C15H22N2O5S. The molecule has 7 nitrogen and oxygen atoms in total. The number of nitrogens with one attached hydrogen (secondary N) is 1. The number of carbonyl (C=O) groups is 2. The Bertz CT molecular complexity index is 670. The van der Waals surface area contributed by atoms with Crippen molar-refractivity contribution in [2.45, 2.75) is 26.3 Å². The van der Waals surface area contributed by atoms with Crippen LogP contribution in [0, 0.1) is 0 Å². The number of anilines is 1. The molecule has 0 spiro atoms. The first kappa shape index (κ1) is 19.0. The summed E-state index contributed by atoms with van der Waals surface area (Å²) in [6.45, 7) is 3.64. The molecular weight excluding hydrogens is 320 g/mol. The van der Waals surface area contributed by atoms with Crippen molar-refractivity contribution in [3.63, 3.8) is 0 Å². The lowest BCUT2D eigenvalue weighted by atomic mass is 10.2. The minimum absolute atomic E-state index is 0.0119. The molecule has 0 saturated carbocycles. The monoisotopic (exact) mass is 342 g/mol. The van der Waals surface area contributed by atoms with Crippen LogP contribution in [-0.2, 0) is 19.6 Å². The van der Waals surface area contributed by atoms with Gasteiger partial charge in [-0.05, 0) is 32.0 Å². The number of esters is 1. The van der Waals surface area contributed by atoms with E-state index in [1.165, 1.54) is 19.2 Å². The molecule has 1 aromatic rings. The van der Waals surface area contributed by atoms with E-state index in [2.05, 4.69) is 10.1 Å². The second-order valence-corrected chi connectivity index (χ2v) is 7.26. The van der Waals surface area contributed by atoms with Crippen molar-refractivity contribution in [3.05, 3.63) is 29.8 Å². The second-order valence-electron chi connectivity index (χ2n) is 5.35. The number of rotatable bonds is 7. The molecule has 0 aliphatic heterocycles. The molecule has 0 saturated heterocycles. The van der Waals surface area contributed by atoms with Crippen molar-refractivity contribution < 1.29 is 22.7 Å². The van der Waals surface area contributed by atoms with Crippen molar-refractivity contribution >= 4 is 27.6 Å². The molecule has 1 rings (SSSR count). The molecule has 0 aliphatic rings. The van der Waals surface area contributed by atoms with Crippen LogP contribution in [0.25, 0.3) is 0 Å². The van der Waals surface area contributed by atoms with Crippen molar-refractivity contribution in [2.75, 3.05) is 24.2 Å². The number of methoxy groups -OCH3 is 1. The molecule has 1 amide bonds. The Labute approximate surface area is 136 Å². The van der Waals surface area contributed by atoms with E-state index in [0.717, 1.165) is 10.6 Å². The van der Waals surface area contributed by atoms with Crippen LogP contribution in [0.15, 0.2) is 24.3 Å². The summed E-state index contributed by atoms with van der Waals surface area (Å²) in [4.78, 5) is 23.3. The van der Waals surface area contributed by atoms with E-state index < -0.39 is 16.0 Å².